The van der Waals surface area contributed by atoms with Crippen molar-refractivity contribution in [3.63, 3.8) is 0 Å². The van der Waals surface area contributed by atoms with Crippen LogP contribution in [-0.2, 0) is 18.6 Å². The van der Waals surface area contributed by atoms with Gasteiger partial charge in [0.15, 0.2) is 10.5 Å². The largest absolute Gasteiger partial charge is 0.378 e. The van der Waals surface area contributed by atoms with E-state index in [2.05, 4.69) is 6.92 Å². The van der Waals surface area contributed by atoms with Crippen LogP contribution in [0.1, 0.15) is 39.0 Å². The zero-order valence-electron chi connectivity index (χ0n) is 11.2. The average molecular weight is 250 g/mol. The quantitative estimate of drug-likeness (QED) is 0.332. The van der Waals surface area contributed by atoms with Gasteiger partial charge in [-0.3, -0.25) is 0 Å². The standard InChI is InChI=1S/C11H26O4Si/c1-5-6-7-8-9-10(12-2)11(13-3,14-4)15-16/h10H,5-9H2,1-4,16H3. The zero-order valence-corrected chi connectivity index (χ0v) is 13.2. The Morgan fingerprint density at radius 2 is 1.69 bits per heavy atom. The average Bonchev–Trinajstić information content (AvgIpc) is 2.34. The molecule has 0 radical (unpaired) electrons. The Hall–Kier alpha value is 0.0569. The summed E-state index contributed by atoms with van der Waals surface area (Å²) >= 11 is 0. The summed E-state index contributed by atoms with van der Waals surface area (Å²) in [7, 11) is 5.38. The molecule has 0 heterocycles. The Kier molecular flexibility index (Phi) is 9.16. The first kappa shape index (κ1) is 16.1. The molecule has 0 aromatic rings. The smallest absolute Gasteiger partial charge is 0.300 e. The van der Waals surface area contributed by atoms with Gasteiger partial charge in [-0.2, -0.15) is 0 Å². The molecule has 0 aromatic heterocycles. The second-order valence-electron chi connectivity index (χ2n) is 3.79. The van der Waals surface area contributed by atoms with E-state index in [9.17, 15) is 0 Å². The van der Waals surface area contributed by atoms with Crippen molar-refractivity contribution in [1.82, 2.24) is 0 Å². The molecule has 0 fully saturated rings. The lowest BCUT2D eigenvalue weighted by atomic mass is 10.1. The predicted octanol–water partition coefficient (Wildman–Crippen LogP) is 1.22. The Morgan fingerprint density at radius 1 is 1.06 bits per heavy atom. The van der Waals surface area contributed by atoms with E-state index >= 15 is 0 Å². The van der Waals surface area contributed by atoms with Crippen LogP contribution in [0.25, 0.3) is 0 Å². The first-order chi connectivity index (χ1) is 7.70. The molecular weight excluding hydrogens is 224 g/mol. The number of ether oxygens (including phenoxy) is 3. The van der Waals surface area contributed by atoms with Crippen molar-refractivity contribution in [3.8, 4) is 0 Å². The minimum atomic E-state index is -1.02. The van der Waals surface area contributed by atoms with Crippen LogP contribution in [0, 0.1) is 0 Å². The van der Waals surface area contributed by atoms with Crippen LogP contribution < -0.4 is 0 Å². The van der Waals surface area contributed by atoms with Gasteiger partial charge in [-0.25, -0.2) is 0 Å². The van der Waals surface area contributed by atoms with Crippen LogP contribution in [0.15, 0.2) is 0 Å². The van der Waals surface area contributed by atoms with Crippen LogP contribution >= 0.6 is 0 Å². The molecule has 98 valence electrons. The van der Waals surface area contributed by atoms with Crippen LogP contribution in [0.3, 0.4) is 0 Å². The maximum Gasteiger partial charge on any atom is 0.300 e. The topological polar surface area (TPSA) is 36.9 Å². The van der Waals surface area contributed by atoms with E-state index in [1.807, 2.05) is 0 Å². The van der Waals surface area contributed by atoms with Crippen molar-refractivity contribution in [2.45, 2.75) is 51.1 Å². The molecule has 0 saturated carbocycles. The molecule has 0 aromatic carbocycles. The second kappa shape index (κ2) is 9.12. The first-order valence-corrected chi connectivity index (χ1v) is 6.70. The van der Waals surface area contributed by atoms with Crippen LogP contribution in [0.2, 0.25) is 0 Å². The lowest BCUT2D eigenvalue weighted by molar-refractivity contribution is -0.365. The van der Waals surface area contributed by atoms with Crippen molar-refractivity contribution in [1.29, 1.82) is 0 Å². The Balaban J connectivity index is 4.21. The summed E-state index contributed by atoms with van der Waals surface area (Å²) in [5.41, 5.74) is 0. The normalized spacial score (nSPS) is 14.2. The van der Waals surface area contributed by atoms with E-state index in [0.29, 0.717) is 10.5 Å². The van der Waals surface area contributed by atoms with Gasteiger partial charge in [0.05, 0.1) is 0 Å². The summed E-state index contributed by atoms with van der Waals surface area (Å²) in [5.74, 6) is -1.02. The molecule has 0 bridgehead atoms. The maximum atomic E-state index is 5.42. The number of hydrogen-bond donors (Lipinski definition) is 0. The Bertz CT molecular complexity index is 154. The van der Waals surface area contributed by atoms with E-state index in [4.69, 9.17) is 18.6 Å². The van der Waals surface area contributed by atoms with E-state index in [-0.39, 0.29) is 6.10 Å². The number of unbranched alkanes of at least 4 members (excludes halogenated alkanes) is 3. The SMILES string of the molecule is CCCCCCC(OC)C(OC)(OC)O[SiH3]. The highest BCUT2D eigenvalue weighted by Gasteiger charge is 2.39. The molecule has 0 rings (SSSR count). The van der Waals surface area contributed by atoms with Crippen LogP contribution in [-0.4, -0.2) is 43.9 Å². The van der Waals surface area contributed by atoms with E-state index < -0.39 is 5.97 Å². The highest BCUT2D eigenvalue weighted by Crippen LogP contribution is 2.24. The molecule has 16 heavy (non-hydrogen) atoms. The fourth-order valence-corrected chi connectivity index (χ4v) is 2.44. The molecule has 0 amide bonds. The van der Waals surface area contributed by atoms with Crippen LogP contribution in [0.4, 0.5) is 0 Å². The maximum absolute atomic E-state index is 5.42. The highest BCUT2D eigenvalue weighted by molar-refractivity contribution is 5.98. The van der Waals surface area contributed by atoms with Gasteiger partial charge in [0.2, 0.25) is 0 Å². The fourth-order valence-electron chi connectivity index (χ4n) is 1.84. The minimum absolute atomic E-state index is 0.170. The summed E-state index contributed by atoms with van der Waals surface area (Å²) in [6.07, 6.45) is 5.52. The third-order valence-corrected chi connectivity index (χ3v) is 3.42. The van der Waals surface area contributed by atoms with Gasteiger partial charge in [-0.1, -0.05) is 32.6 Å². The van der Waals surface area contributed by atoms with E-state index in [1.54, 1.807) is 21.3 Å². The molecular formula is C11H26O4Si. The van der Waals surface area contributed by atoms with Gasteiger partial charge < -0.3 is 18.6 Å². The monoisotopic (exact) mass is 250 g/mol. The molecule has 0 aliphatic carbocycles. The first-order valence-electron chi connectivity index (χ1n) is 5.89. The summed E-state index contributed by atoms with van der Waals surface area (Å²) in [4.78, 5) is 0. The lowest BCUT2D eigenvalue weighted by Crippen LogP contribution is -2.49. The van der Waals surface area contributed by atoms with Gasteiger partial charge in [-0.05, 0) is 6.42 Å². The van der Waals surface area contributed by atoms with Gasteiger partial charge in [0.1, 0.15) is 6.10 Å². The Morgan fingerprint density at radius 3 is 2.06 bits per heavy atom. The third kappa shape index (κ3) is 4.51. The van der Waals surface area contributed by atoms with E-state index in [1.165, 1.54) is 19.3 Å². The van der Waals surface area contributed by atoms with Crippen molar-refractivity contribution >= 4 is 10.5 Å². The van der Waals surface area contributed by atoms with Crippen LogP contribution in [0.5, 0.6) is 0 Å². The molecule has 0 saturated heterocycles. The van der Waals surface area contributed by atoms with E-state index in [0.717, 1.165) is 12.8 Å². The van der Waals surface area contributed by atoms with Crippen molar-refractivity contribution in [2.75, 3.05) is 21.3 Å². The van der Waals surface area contributed by atoms with Gasteiger partial charge in [0, 0.05) is 21.3 Å². The number of methoxy groups -OCH3 is 3. The second-order valence-corrected chi connectivity index (χ2v) is 4.20. The fraction of sp³-hybridized carbons (Fsp3) is 1.00. The molecule has 1 atom stereocenters. The molecule has 0 aliphatic heterocycles. The molecule has 0 aliphatic rings. The Labute approximate surface area is 102 Å². The van der Waals surface area contributed by atoms with Crippen molar-refractivity contribution < 1.29 is 18.6 Å². The molecule has 4 nitrogen and oxygen atoms in total. The molecule has 5 heteroatoms. The molecule has 0 N–H and O–H groups in total. The third-order valence-electron chi connectivity index (χ3n) is 2.85. The van der Waals surface area contributed by atoms with Gasteiger partial charge >= 0.3 is 0 Å². The summed E-state index contributed by atoms with van der Waals surface area (Å²) in [6, 6.07) is 0. The molecule has 1 unspecified atom stereocenters. The predicted molar refractivity (Wildman–Crippen MR) is 67.3 cm³/mol. The summed E-state index contributed by atoms with van der Waals surface area (Å²) < 4.78 is 21.5. The van der Waals surface area contributed by atoms with Crippen molar-refractivity contribution in [3.05, 3.63) is 0 Å². The summed E-state index contributed by atoms with van der Waals surface area (Å²) in [6.45, 7) is 2.20. The van der Waals surface area contributed by atoms with Gasteiger partial charge in [0.25, 0.3) is 5.97 Å². The summed E-state index contributed by atoms with van der Waals surface area (Å²) in [5, 5.41) is 0. The minimum Gasteiger partial charge on any atom is -0.378 e. The zero-order chi connectivity index (χ0) is 12.4. The molecule has 0 spiro atoms. The lowest BCUT2D eigenvalue weighted by Gasteiger charge is -2.35. The van der Waals surface area contributed by atoms with Gasteiger partial charge in [-0.15, -0.1) is 0 Å². The number of rotatable bonds is 10. The number of hydrogen-bond acceptors (Lipinski definition) is 4. The highest BCUT2D eigenvalue weighted by atomic mass is 28.2. The van der Waals surface area contributed by atoms with Crippen molar-refractivity contribution in [2.24, 2.45) is 0 Å².